The van der Waals surface area contributed by atoms with E-state index in [1.54, 1.807) is 0 Å². The molecule has 0 spiro atoms. The third-order valence-corrected chi connectivity index (χ3v) is 5.69. The van der Waals surface area contributed by atoms with Gasteiger partial charge in [0.2, 0.25) is 0 Å². The molecule has 0 saturated heterocycles. The minimum Gasteiger partial charge on any atom is -0.310 e. The Kier molecular flexibility index (Phi) is 5.83. The minimum absolute atomic E-state index is 0.425. The van der Waals surface area contributed by atoms with Crippen LogP contribution in [0.1, 0.15) is 42.9 Å². The maximum atomic E-state index is 3.49. The molecule has 0 bridgehead atoms. The van der Waals surface area contributed by atoms with Crippen LogP contribution in [0.5, 0.6) is 0 Å². The second-order valence-corrected chi connectivity index (χ2v) is 8.30. The van der Waals surface area contributed by atoms with Crippen LogP contribution in [0.3, 0.4) is 0 Å². The Labute approximate surface area is 134 Å². The molecule has 1 saturated carbocycles. The molecule has 1 aromatic rings. The predicted octanol–water partition coefficient (Wildman–Crippen LogP) is 3.16. The first-order chi connectivity index (χ1) is 9.91. The molecule has 0 radical (unpaired) electrons. The average Bonchev–Trinajstić information content (AvgIpc) is 2.78. The van der Waals surface area contributed by atoms with E-state index >= 15 is 0 Å². The quantitative estimate of drug-likeness (QED) is 0.796. The molecule has 1 aliphatic rings. The monoisotopic (exact) mass is 309 g/mol. The molecule has 3 nitrogen and oxygen atoms in total. The molecule has 120 valence electrons. The largest absolute Gasteiger partial charge is 0.310 e. The van der Waals surface area contributed by atoms with Gasteiger partial charge in [-0.1, -0.05) is 13.8 Å². The van der Waals surface area contributed by atoms with Gasteiger partial charge in [-0.2, -0.15) is 0 Å². The molecule has 0 amide bonds. The number of nitrogens with one attached hydrogen (secondary N) is 1. The van der Waals surface area contributed by atoms with Gasteiger partial charge in [0.15, 0.2) is 0 Å². The highest BCUT2D eigenvalue weighted by atomic mass is 32.1. The molecule has 0 atom stereocenters. The fourth-order valence-corrected chi connectivity index (χ4v) is 4.11. The van der Waals surface area contributed by atoms with E-state index in [2.05, 4.69) is 62.2 Å². The van der Waals surface area contributed by atoms with E-state index in [4.69, 9.17) is 0 Å². The van der Waals surface area contributed by atoms with Gasteiger partial charge in [-0.25, -0.2) is 0 Å². The van der Waals surface area contributed by atoms with Crippen LogP contribution >= 0.6 is 11.3 Å². The van der Waals surface area contributed by atoms with Gasteiger partial charge in [0.1, 0.15) is 0 Å². The zero-order valence-electron chi connectivity index (χ0n) is 14.3. The Hall–Kier alpha value is -0.420. The molecule has 2 rings (SSSR count). The van der Waals surface area contributed by atoms with Crippen molar-refractivity contribution in [3.8, 4) is 0 Å². The van der Waals surface area contributed by atoms with Crippen LogP contribution in [0.15, 0.2) is 12.1 Å². The summed E-state index contributed by atoms with van der Waals surface area (Å²) in [5, 5.41) is 3.49. The Morgan fingerprint density at radius 1 is 1.19 bits per heavy atom. The minimum atomic E-state index is 0.425. The normalized spacial score (nSPS) is 17.7. The first-order valence-electron chi connectivity index (χ1n) is 8.08. The van der Waals surface area contributed by atoms with Crippen molar-refractivity contribution in [1.29, 1.82) is 0 Å². The van der Waals surface area contributed by atoms with E-state index in [0.29, 0.717) is 11.6 Å². The lowest BCUT2D eigenvalue weighted by atomic mass is 9.75. The van der Waals surface area contributed by atoms with Crippen LogP contribution < -0.4 is 5.32 Å². The van der Waals surface area contributed by atoms with Crippen LogP contribution in [0.2, 0.25) is 0 Å². The smallest absolute Gasteiger partial charge is 0.0330 e. The number of thiophene rings is 1. The molecule has 1 heterocycles. The summed E-state index contributed by atoms with van der Waals surface area (Å²) in [7, 11) is 6.72. The lowest BCUT2D eigenvalue weighted by Crippen LogP contribution is -2.56. The molecule has 0 unspecified atom stereocenters. The van der Waals surface area contributed by atoms with Gasteiger partial charge in [-0.3, -0.25) is 4.90 Å². The standard InChI is InChI=1S/C17H31N3S/c1-14(2)18-11-15-7-8-16(21-15)12-20(5)13-17(19(3)4)9-6-10-17/h7-8,14,18H,6,9-13H2,1-5H3. The summed E-state index contributed by atoms with van der Waals surface area (Å²) in [5.41, 5.74) is 0.425. The van der Waals surface area contributed by atoms with Crippen molar-refractivity contribution in [2.75, 3.05) is 27.7 Å². The van der Waals surface area contributed by atoms with Gasteiger partial charge >= 0.3 is 0 Å². The molecule has 1 aromatic heterocycles. The molecule has 1 aliphatic carbocycles. The van der Waals surface area contributed by atoms with Gasteiger partial charge in [-0.05, 0) is 52.5 Å². The van der Waals surface area contributed by atoms with E-state index in [0.717, 1.165) is 13.1 Å². The van der Waals surface area contributed by atoms with Crippen molar-refractivity contribution in [1.82, 2.24) is 15.1 Å². The zero-order valence-corrected chi connectivity index (χ0v) is 15.1. The summed E-state index contributed by atoms with van der Waals surface area (Å²) >= 11 is 1.95. The van der Waals surface area contributed by atoms with Gasteiger partial charge < -0.3 is 10.2 Å². The fourth-order valence-electron chi connectivity index (χ4n) is 3.06. The lowest BCUT2D eigenvalue weighted by molar-refractivity contribution is 0.0261. The molecule has 0 aliphatic heterocycles. The second kappa shape index (κ2) is 7.23. The third-order valence-electron chi connectivity index (χ3n) is 4.62. The molecule has 21 heavy (non-hydrogen) atoms. The Balaban J connectivity index is 1.84. The average molecular weight is 310 g/mol. The topological polar surface area (TPSA) is 18.5 Å². The van der Waals surface area contributed by atoms with Crippen LogP contribution in [-0.4, -0.2) is 49.1 Å². The van der Waals surface area contributed by atoms with Crippen LogP contribution in [0.25, 0.3) is 0 Å². The molecule has 4 heteroatoms. The highest BCUT2D eigenvalue weighted by molar-refractivity contribution is 7.11. The maximum Gasteiger partial charge on any atom is 0.0330 e. The highest BCUT2D eigenvalue weighted by Crippen LogP contribution is 2.37. The number of hydrogen-bond donors (Lipinski definition) is 1. The first-order valence-corrected chi connectivity index (χ1v) is 8.90. The highest BCUT2D eigenvalue weighted by Gasteiger charge is 2.39. The summed E-state index contributed by atoms with van der Waals surface area (Å²) in [6.07, 6.45) is 4.08. The number of likely N-dealkylation sites (N-methyl/N-ethyl adjacent to an activating group) is 2. The van der Waals surface area contributed by atoms with Gasteiger partial charge in [-0.15, -0.1) is 11.3 Å². The van der Waals surface area contributed by atoms with Crippen LogP contribution in [-0.2, 0) is 13.1 Å². The van der Waals surface area contributed by atoms with Crippen LogP contribution in [0.4, 0.5) is 0 Å². The van der Waals surface area contributed by atoms with Crippen molar-refractivity contribution < 1.29 is 0 Å². The SMILES string of the molecule is CC(C)NCc1ccc(CN(C)CC2(N(C)C)CCC2)s1. The second-order valence-electron chi connectivity index (χ2n) is 7.05. The van der Waals surface area contributed by atoms with E-state index in [1.807, 2.05) is 11.3 Å². The van der Waals surface area contributed by atoms with Crippen molar-refractivity contribution in [3.63, 3.8) is 0 Å². The molecule has 1 N–H and O–H groups in total. The summed E-state index contributed by atoms with van der Waals surface area (Å²) in [6.45, 7) is 7.64. The van der Waals surface area contributed by atoms with Gasteiger partial charge in [0.05, 0.1) is 0 Å². The van der Waals surface area contributed by atoms with Crippen molar-refractivity contribution in [2.45, 2.75) is 57.8 Å². The number of nitrogens with zero attached hydrogens (tertiary/aromatic N) is 2. The Morgan fingerprint density at radius 2 is 1.86 bits per heavy atom. The zero-order chi connectivity index (χ0) is 15.5. The summed E-state index contributed by atoms with van der Waals surface area (Å²) in [4.78, 5) is 7.84. The first kappa shape index (κ1) is 16.9. The molecule has 0 aromatic carbocycles. The summed E-state index contributed by atoms with van der Waals surface area (Å²) < 4.78 is 0. The lowest BCUT2D eigenvalue weighted by Gasteiger charge is -2.49. The summed E-state index contributed by atoms with van der Waals surface area (Å²) in [5.74, 6) is 0. The Bertz CT molecular complexity index is 435. The maximum absolute atomic E-state index is 3.49. The molecular weight excluding hydrogens is 278 g/mol. The Morgan fingerprint density at radius 3 is 2.38 bits per heavy atom. The van der Waals surface area contributed by atoms with Crippen LogP contribution in [0, 0.1) is 0 Å². The van der Waals surface area contributed by atoms with Crippen molar-refractivity contribution >= 4 is 11.3 Å². The van der Waals surface area contributed by atoms with E-state index in [-0.39, 0.29) is 0 Å². The van der Waals surface area contributed by atoms with E-state index in [9.17, 15) is 0 Å². The van der Waals surface area contributed by atoms with E-state index in [1.165, 1.54) is 35.6 Å². The van der Waals surface area contributed by atoms with Crippen molar-refractivity contribution in [3.05, 3.63) is 21.9 Å². The number of rotatable bonds is 8. The van der Waals surface area contributed by atoms with E-state index < -0.39 is 0 Å². The van der Waals surface area contributed by atoms with Gasteiger partial charge in [0.25, 0.3) is 0 Å². The third kappa shape index (κ3) is 4.52. The molecular formula is C17H31N3S. The van der Waals surface area contributed by atoms with Gasteiger partial charge in [0, 0.05) is 41.0 Å². The van der Waals surface area contributed by atoms with Crippen molar-refractivity contribution in [2.24, 2.45) is 0 Å². The summed E-state index contributed by atoms with van der Waals surface area (Å²) in [6, 6.07) is 5.12. The fraction of sp³-hybridized carbons (Fsp3) is 0.765. The predicted molar refractivity (Wildman–Crippen MR) is 92.9 cm³/mol. The molecule has 1 fully saturated rings. The number of hydrogen-bond acceptors (Lipinski definition) is 4.